The van der Waals surface area contributed by atoms with Crippen LogP contribution in [-0.4, -0.2) is 126 Å². The lowest BCUT2D eigenvalue weighted by Gasteiger charge is -2.09. The minimum absolute atomic E-state index is 0. The lowest BCUT2D eigenvalue weighted by Crippen LogP contribution is -2.15. The molecule has 222 valence electrons. The smallest absolute Gasteiger partial charge is 0.203 e. The van der Waals surface area contributed by atoms with Gasteiger partial charge in [-0.15, -0.1) is 32.8 Å². The number of nitrogens with zero attached hydrogens (tertiary/aromatic N) is 4. The Hall–Kier alpha value is -2.07. The molecule has 1 heterocycles. The van der Waals surface area contributed by atoms with Crippen molar-refractivity contribution in [3.63, 3.8) is 0 Å². The van der Waals surface area contributed by atoms with Gasteiger partial charge < -0.3 is 43.6 Å². The third-order valence-corrected chi connectivity index (χ3v) is 4.68. The number of hydrogen-bond donors (Lipinski definition) is 1. The largest absolute Gasteiger partial charge is 0.491 e. The molecular formula is C25H42ClN5O8. The fourth-order valence-electron chi connectivity index (χ4n) is 2.82. The van der Waals surface area contributed by atoms with Crippen molar-refractivity contribution in [2.45, 2.75) is 6.92 Å². The molecule has 1 aromatic heterocycles. The van der Waals surface area contributed by atoms with E-state index in [0.717, 1.165) is 11.3 Å². The molecule has 0 saturated carbocycles. The van der Waals surface area contributed by atoms with Gasteiger partial charge >= 0.3 is 0 Å². The maximum Gasteiger partial charge on any atom is 0.203 e. The minimum atomic E-state index is 0. The monoisotopic (exact) mass is 575 g/mol. The normalized spacial score (nSPS) is 10.9. The topological polar surface area (TPSA) is 151 Å². The van der Waals surface area contributed by atoms with Gasteiger partial charge in [-0.3, -0.25) is 0 Å². The van der Waals surface area contributed by atoms with Crippen molar-refractivity contribution < 1.29 is 37.9 Å². The molecule has 0 amide bonds. The SMILES string of the molecule is Cc1nnc(-c2ccc(OCCOCCOCCOCCOCCOCCOCCOCCN)cc2)nn1.Cl. The summed E-state index contributed by atoms with van der Waals surface area (Å²) in [5.41, 5.74) is 6.15. The summed E-state index contributed by atoms with van der Waals surface area (Å²) in [5.74, 6) is 1.75. The molecule has 0 aliphatic heterocycles. The average molecular weight is 576 g/mol. The summed E-state index contributed by atoms with van der Waals surface area (Å²) in [6.07, 6.45) is 0. The van der Waals surface area contributed by atoms with Gasteiger partial charge in [0.1, 0.15) is 12.4 Å². The second-order valence-corrected chi connectivity index (χ2v) is 7.72. The second-order valence-electron chi connectivity index (χ2n) is 7.72. The maximum absolute atomic E-state index is 5.67. The van der Waals surface area contributed by atoms with Crippen LogP contribution in [0.1, 0.15) is 5.82 Å². The Morgan fingerprint density at radius 3 is 1.26 bits per heavy atom. The highest BCUT2D eigenvalue weighted by atomic mass is 35.5. The van der Waals surface area contributed by atoms with E-state index in [0.29, 0.717) is 117 Å². The van der Waals surface area contributed by atoms with Gasteiger partial charge in [0, 0.05) is 12.1 Å². The number of ether oxygens (including phenoxy) is 8. The van der Waals surface area contributed by atoms with Crippen molar-refractivity contribution in [1.29, 1.82) is 0 Å². The molecule has 0 fully saturated rings. The highest BCUT2D eigenvalue weighted by molar-refractivity contribution is 5.85. The number of halogens is 1. The third kappa shape index (κ3) is 18.8. The van der Waals surface area contributed by atoms with Crippen LogP contribution in [0.5, 0.6) is 5.75 Å². The van der Waals surface area contributed by atoms with E-state index >= 15 is 0 Å². The van der Waals surface area contributed by atoms with E-state index in [1.54, 1.807) is 6.92 Å². The summed E-state index contributed by atoms with van der Waals surface area (Å²) in [7, 11) is 0. The summed E-state index contributed by atoms with van der Waals surface area (Å²) < 4.78 is 43.5. The van der Waals surface area contributed by atoms with Crippen LogP contribution in [0.25, 0.3) is 11.4 Å². The van der Waals surface area contributed by atoms with Crippen LogP contribution in [0.4, 0.5) is 0 Å². The van der Waals surface area contributed by atoms with Crippen LogP contribution < -0.4 is 10.5 Å². The second kappa shape index (κ2) is 24.9. The van der Waals surface area contributed by atoms with E-state index in [-0.39, 0.29) is 12.4 Å². The maximum atomic E-state index is 5.67. The fraction of sp³-hybridized carbons (Fsp3) is 0.680. The van der Waals surface area contributed by atoms with E-state index in [9.17, 15) is 0 Å². The Morgan fingerprint density at radius 2 is 0.872 bits per heavy atom. The summed E-state index contributed by atoms with van der Waals surface area (Å²) in [4.78, 5) is 0. The zero-order chi connectivity index (χ0) is 26.9. The number of rotatable bonds is 25. The minimum Gasteiger partial charge on any atom is -0.491 e. The van der Waals surface area contributed by atoms with Gasteiger partial charge in [0.05, 0.1) is 92.5 Å². The van der Waals surface area contributed by atoms with Gasteiger partial charge in [0.25, 0.3) is 0 Å². The van der Waals surface area contributed by atoms with E-state index in [1.165, 1.54) is 0 Å². The van der Waals surface area contributed by atoms with Gasteiger partial charge in [0.15, 0.2) is 5.82 Å². The zero-order valence-corrected chi connectivity index (χ0v) is 23.5. The van der Waals surface area contributed by atoms with Crippen LogP contribution in [0.15, 0.2) is 24.3 Å². The molecule has 0 unspecified atom stereocenters. The average Bonchev–Trinajstić information content (AvgIpc) is 2.94. The van der Waals surface area contributed by atoms with Crippen molar-refractivity contribution in [2.75, 3.05) is 106 Å². The Labute approximate surface area is 236 Å². The van der Waals surface area contributed by atoms with Crippen molar-refractivity contribution in [1.82, 2.24) is 20.4 Å². The van der Waals surface area contributed by atoms with Crippen LogP contribution in [0, 0.1) is 6.92 Å². The van der Waals surface area contributed by atoms with E-state index in [2.05, 4.69) is 20.4 Å². The summed E-state index contributed by atoms with van der Waals surface area (Å²) in [6, 6.07) is 7.43. The van der Waals surface area contributed by atoms with E-state index < -0.39 is 0 Å². The molecule has 2 aromatic rings. The van der Waals surface area contributed by atoms with Gasteiger partial charge in [-0.25, -0.2) is 0 Å². The van der Waals surface area contributed by atoms with E-state index in [4.69, 9.17) is 43.6 Å². The quantitative estimate of drug-likeness (QED) is 0.168. The number of hydrogen-bond acceptors (Lipinski definition) is 13. The van der Waals surface area contributed by atoms with Crippen LogP contribution in [-0.2, 0) is 33.2 Å². The molecule has 39 heavy (non-hydrogen) atoms. The highest BCUT2D eigenvalue weighted by Crippen LogP contribution is 2.18. The van der Waals surface area contributed by atoms with Crippen LogP contribution in [0.2, 0.25) is 0 Å². The standard InChI is InChI=1S/C25H41N5O8.ClH/c1-22-27-29-25(30-28-22)23-2-4-24(5-3-23)38-21-20-37-19-18-36-17-16-35-15-14-34-13-12-33-11-10-32-9-8-31-7-6-26;/h2-5H,6-21,26H2,1H3;1H. The molecule has 0 saturated heterocycles. The molecule has 0 aliphatic carbocycles. The highest BCUT2D eigenvalue weighted by Gasteiger charge is 2.03. The Kier molecular flexibility index (Phi) is 22.3. The van der Waals surface area contributed by atoms with E-state index in [1.807, 2.05) is 24.3 Å². The first-order valence-electron chi connectivity index (χ1n) is 12.8. The first-order chi connectivity index (χ1) is 18.8. The van der Waals surface area contributed by atoms with Gasteiger partial charge in [0.2, 0.25) is 5.82 Å². The van der Waals surface area contributed by atoms with Crippen molar-refractivity contribution in [2.24, 2.45) is 5.73 Å². The molecule has 1 aromatic carbocycles. The molecule has 2 N–H and O–H groups in total. The third-order valence-electron chi connectivity index (χ3n) is 4.68. The number of aromatic nitrogens is 4. The first-order valence-corrected chi connectivity index (χ1v) is 12.8. The number of aryl methyl sites for hydroxylation is 1. The Morgan fingerprint density at radius 1 is 0.513 bits per heavy atom. The van der Waals surface area contributed by atoms with Crippen molar-refractivity contribution in [3.8, 4) is 17.1 Å². The van der Waals surface area contributed by atoms with Crippen molar-refractivity contribution >= 4 is 12.4 Å². The van der Waals surface area contributed by atoms with Gasteiger partial charge in [-0.1, -0.05) is 0 Å². The fourth-order valence-corrected chi connectivity index (χ4v) is 2.82. The zero-order valence-electron chi connectivity index (χ0n) is 22.7. The molecule has 13 nitrogen and oxygen atoms in total. The molecule has 0 radical (unpaired) electrons. The summed E-state index contributed by atoms with van der Waals surface area (Å²) in [5, 5.41) is 15.9. The molecule has 0 aliphatic rings. The molecule has 2 rings (SSSR count). The lowest BCUT2D eigenvalue weighted by atomic mass is 10.2. The van der Waals surface area contributed by atoms with Crippen molar-refractivity contribution in [3.05, 3.63) is 30.1 Å². The first kappa shape index (κ1) is 35.0. The molecule has 0 spiro atoms. The number of nitrogens with two attached hydrogens (primary N) is 1. The Bertz CT molecular complexity index is 808. The lowest BCUT2D eigenvalue weighted by molar-refractivity contribution is -0.0210. The van der Waals surface area contributed by atoms with Crippen LogP contribution >= 0.6 is 12.4 Å². The summed E-state index contributed by atoms with van der Waals surface area (Å²) in [6.45, 7) is 9.94. The molecule has 0 bridgehead atoms. The van der Waals surface area contributed by atoms with Gasteiger partial charge in [-0.05, 0) is 31.2 Å². The molecule has 14 heteroatoms. The van der Waals surface area contributed by atoms with Gasteiger partial charge in [-0.2, -0.15) is 0 Å². The molecule has 0 atom stereocenters. The predicted octanol–water partition coefficient (Wildman–Crippen LogP) is 1.12. The predicted molar refractivity (Wildman–Crippen MR) is 145 cm³/mol. The summed E-state index contributed by atoms with van der Waals surface area (Å²) >= 11 is 0. The number of benzene rings is 1. The van der Waals surface area contributed by atoms with Crippen LogP contribution in [0.3, 0.4) is 0 Å². The Balaban J connectivity index is 0.00000760. The molecular weight excluding hydrogens is 534 g/mol.